The van der Waals surface area contributed by atoms with E-state index in [0.29, 0.717) is 11.1 Å². The molecule has 0 aromatic heterocycles. The predicted molar refractivity (Wildman–Crippen MR) is 99.4 cm³/mol. The molecular weight excluding hydrogens is 400 g/mol. The van der Waals surface area contributed by atoms with Crippen molar-refractivity contribution in [3.8, 4) is 28.7 Å². The predicted octanol–water partition coefficient (Wildman–Crippen LogP) is -0.340. The SMILES string of the molecule is OC[C@]1(O)CO[C@@H](Oc2cc(O)cc3c2C[C@H](O)[C@@H](c2ccc(O)c(O)c2)O3)[C@@H]1O. The van der Waals surface area contributed by atoms with Gasteiger partial charge < -0.3 is 50.0 Å². The molecule has 30 heavy (non-hydrogen) atoms. The smallest absolute Gasteiger partial charge is 0.229 e. The highest BCUT2D eigenvalue weighted by Gasteiger charge is 2.49. The Bertz CT molecular complexity index is 947. The standard InChI is InChI=1S/C20H22O10/c21-7-20(27)8-28-19(18(20)26)30-16-5-10(22)4-15-11(16)6-14(25)17(29-15)9-1-2-12(23)13(24)3-9/h1-5,14,17-19,21-27H,6-8H2/t14-,17+,18-,19-,20-/m0/s1. The molecule has 0 unspecified atom stereocenters. The summed E-state index contributed by atoms with van der Waals surface area (Å²) in [6, 6.07) is 6.62. The molecule has 4 rings (SSSR count). The molecule has 0 radical (unpaired) electrons. The minimum Gasteiger partial charge on any atom is -0.508 e. The van der Waals surface area contributed by atoms with Gasteiger partial charge in [-0.05, 0) is 17.7 Å². The Labute approximate surface area is 170 Å². The van der Waals surface area contributed by atoms with E-state index in [1.807, 2.05) is 0 Å². The van der Waals surface area contributed by atoms with Crippen molar-refractivity contribution < 1.29 is 50.0 Å². The highest BCUT2D eigenvalue weighted by Crippen LogP contribution is 2.44. The number of phenols is 3. The largest absolute Gasteiger partial charge is 0.508 e. The summed E-state index contributed by atoms with van der Waals surface area (Å²) < 4.78 is 16.7. The minimum absolute atomic E-state index is 0.0460. The zero-order valence-electron chi connectivity index (χ0n) is 15.7. The Hall–Kier alpha value is -2.76. The molecule has 0 amide bonds. The molecule has 7 N–H and O–H groups in total. The third-order valence-corrected chi connectivity index (χ3v) is 5.32. The summed E-state index contributed by atoms with van der Waals surface area (Å²) in [6.45, 7) is -1.07. The van der Waals surface area contributed by atoms with Crippen molar-refractivity contribution in [2.75, 3.05) is 13.2 Å². The van der Waals surface area contributed by atoms with Crippen molar-refractivity contribution in [1.82, 2.24) is 0 Å². The third-order valence-electron chi connectivity index (χ3n) is 5.32. The van der Waals surface area contributed by atoms with E-state index < -0.39 is 36.8 Å². The maximum atomic E-state index is 10.6. The van der Waals surface area contributed by atoms with Crippen LogP contribution in [0.1, 0.15) is 17.2 Å². The lowest BCUT2D eigenvalue weighted by molar-refractivity contribution is -0.116. The quantitative estimate of drug-likeness (QED) is 0.324. The maximum absolute atomic E-state index is 10.6. The number of ether oxygens (including phenoxy) is 3. The van der Waals surface area contributed by atoms with E-state index in [4.69, 9.17) is 14.2 Å². The van der Waals surface area contributed by atoms with Crippen molar-refractivity contribution in [2.24, 2.45) is 0 Å². The van der Waals surface area contributed by atoms with Gasteiger partial charge in [-0.1, -0.05) is 6.07 Å². The number of hydrogen-bond acceptors (Lipinski definition) is 10. The Kier molecular flexibility index (Phi) is 5.12. The summed E-state index contributed by atoms with van der Waals surface area (Å²) in [6.07, 6.45) is -4.74. The van der Waals surface area contributed by atoms with Gasteiger partial charge in [0.25, 0.3) is 0 Å². The molecule has 1 fully saturated rings. The van der Waals surface area contributed by atoms with Crippen LogP contribution in [-0.2, 0) is 11.2 Å². The lowest BCUT2D eigenvalue weighted by atomic mass is 9.93. The van der Waals surface area contributed by atoms with Crippen LogP contribution in [0.15, 0.2) is 30.3 Å². The molecule has 0 bridgehead atoms. The van der Waals surface area contributed by atoms with Crippen molar-refractivity contribution in [3.63, 3.8) is 0 Å². The molecule has 1 saturated heterocycles. The van der Waals surface area contributed by atoms with Gasteiger partial charge in [0.2, 0.25) is 6.29 Å². The summed E-state index contributed by atoms with van der Waals surface area (Å²) in [5.74, 6) is -0.606. The number of benzene rings is 2. The Balaban J connectivity index is 1.62. The monoisotopic (exact) mass is 422 g/mol. The summed E-state index contributed by atoms with van der Waals surface area (Å²) in [5, 5.41) is 69.4. The average Bonchev–Trinajstić information content (AvgIpc) is 2.99. The van der Waals surface area contributed by atoms with E-state index >= 15 is 0 Å². The highest BCUT2D eigenvalue weighted by molar-refractivity contribution is 5.53. The lowest BCUT2D eigenvalue weighted by Gasteiger charge is -2.32. The van der Waals surface area contributed by atoms with Crippen LogP contribution in [0.25, 0.3) is 0 Å². The van der Waals surface area contributed by atoms with Crippen molar-refractivity contribution in [1.29, 1.82) is 0 Å². The highest BCUT2D eigenvalue weighted by atomic mass is 16.7. The van der Waals surface area contributed by atoms with Gasteiger partial charge >= 0.3 is 0 Å². The van der Waals surface area contributed by atoms with E-state index in [1.165, 1.54) is 30.3 Å². The second-order valence-electron chi connectivity index (χ2n) is 7.48. The second-order valence-corrected chi connectivity index (χ2v) is 7.48. The summed E-state index contributed by atoms with van der Waals surface area (Å²) in [4.78, 5) is 0. The van der Waals surface area contributed by atoms with E-state index in [-0.39, 0.29) is 41.8 Å². The lowest BCUT2D eigenvalue weighted by Crippen LogP contribution is -2.48. The van der Waals surface area contributed by atoms with Crippen molar-refractivity contribution >= 4 is 0 Å². The molecule has 5 atom stereocenters. The molecular formula is C20H22O10. The average molecular weight is 422 g/mol. The number of aromatic hydroxyl groups is 3. The molecule has 2 heterocycles. The van der Waals surface area contributed by atoms with Crippen molar-refractivity contribution in [2.45, 2.75) is 36.6 Å². The molecule has 2 aromatic carbocycles. The van der Waals surface area contributed by atoms with Gasteiger partial charge in [0.15, 0.2) is 11.5 Å². The number of rotatable bonds is 4. The summed E-state index contributed by atoms with van der Waals surface area (Å²) in [7, 11) is 0. The van der Waals surface area contributed by atoms with Gasteiger partial charge in [-0.2, -0.15) is 0 Å². The Morgan fingerprint density at radius 3 is 2.50 bits per heavy atom. The van der Waals surface area contributed by atoms with Crippen LogP contribution in [0, 0.1) is 0 Å². The van der Waals surface area contributed by atoms with Crippen molar-refractivity contribution in [3.05, 3.63) is 41.5 Å². The van der Waals surface area contributed by atoms with Crippen LogP contribution >= 0.6 is 0 Å². The van der Waals surface area contributed by atoms with Crippen LogP contribution in [0.2, 0.25) is 0 Å². The Morgan fingerprint density at radius 2 is 1.83 bits per heavy atom. The zero-order chi connectivity index (χ0) is 21.6. The number of phenolic OH excluding ortho intramolecular Hbond substituents is 3. The first-order valence-electron chi connectivity index (χ1n) is 9.24. The molecule has 0 aliphatic carbocycles. The fraction of sp³-hybridized carbons (Fsp3) is 0.400. The van der Waals surface area contributed by atoms with Crippen LogP contribution < -0.4 is 9.47 Å². The molecule has 2 aliphatic heterocycles. The zero-order valence-corrected chi connectivity index (χ0v) is 15.7. The van der Waals surface area contributed by atoms with E-state index in [1.54, 1.807) is 0 Å². The number of aliphatic hydroxyl groups excluding tert-OH is 3. The molecule has 0 spiro atoms. The van der Waals surface area contributed by atoms with E-state index in [9.17, 15) is 35.7 Å². The fourth-order valence-corrected chi connectivity index (χ4v) is 3.58. The van der Waals surface area contributed by atoms with Crippen LogP contribution in [0.4, 0.5) is 0 Å². The fourth-order valence-electron chi connectivity index (χ4n) is 3.58. The topological polar surface area (TPSA) is 169 Å². The van der Waals surface area contributed by atoms with Gasteiger partial charge in [-0.25, -0.2) is 0 Å². The van der Waals surface area contributed by atoms with E-state index in [2.05, 4.69) is 0 Å². The molecule has 0 saturated carbocycles. The van der Waals surface area contributed by atoms with E-state index in [0.717, 1.165) is 0 Å². The first-order valence-corrected chi connectivity index (χ1v) is 9.24. The Morgan fingerprint density at radius 1 is 1.07 bits per heavy atom. The number of aliphatic hydroxyl groups is 4. The van der Waals surface area contributed by atoms with Gasteiger partial charge in [0.1, 0.15) is 35.1 Å². The van der Waals surface area contributed by atoms with Crippen LogP contribution in [0.5, 0.6) is 28.7 Å². The minimum atomic E-state index is -1.87. The summed E-state index contributed by atoms with van der Waals surface area (Å²) >= 11 is 0. The number of fused-ring (bicyclic) bond motifs is 1. The van der Waals surface area contributed by atoms with Gasteiger partial charge in [0, 0.05) is 24.1 Å². The first-order chi connectivity index (χ1) is 14.2. The first kappa shape index (κ1) is 20.5. The van der Waals surface area contributed by atoms with Gasteiger partial charge in [-0.3, -0.25) is 0 Å². The summed E-state index contributed by atoms with van der Waals surface area (Å²) in [5.41, 5.74) is -1.06. The van der Waals surface area contributed by atoms with Crippen LogP contribution in [-0.4, -0.2) is 73.1 Å². The molecule has 2 aromatic rings. The van der Waals surface area contributed by atoms with Crippen LogP contribution in [0.3, 0.4) is 0 Å². The maximum Gasteiger partial charge on any atom is 0.229 e. The van der Waals surface area contributed by atoms with Gasteiger partial charge in [-0.15, -0.1) is 0 Å². The van der Waals surface area contributed by atoms with Gasteiger partial charge in [0.05, 0.1) is 19.3 Å². The molecule has 2 aliphatic rings. The molecule has 10 nitrogen and oxygen atoms in total. The third kappa shape index (κ3) is 3.48. The molecule has 10 heteroatoms. The number of hydrogen-bond donors (Lipinski definition) is 7. The normalized spacial score (nSPS) is 30.5. The second kappa shape index (κ2) is 7.49. The molecule has 162 valence electrons.